The van der Waals surface area contributed by atoms with Crippen molar-refractivity contribution < 1.29 is 4.57 Å². The Kier molecular flexibility index (Phi) is 24.3. The van der Waals surface area contributed by atoms with Crippen LogP contribution in [0, 0.1) is 256 Å². The molecule has 7 heterocycles. The molecule has 0 aliphatic heterocycles. The molecule has 0 spiro atoms. The maximum absolute atomic E-state index is 4.64. The van der Waals surface area contributed by atoms with Gasteiger partial charge >= 0.3 is 0 Å². The van der Waals surface area contributed by atoms with E-state index in [1.165, 1.54) is 228 Å². The molecule has 0 saturated heterocycles. The second-order valence-corrected chi connectivity index (χ2v) is 30.9. The van der Waals surface area contributed by atoms with E-state index in [0.717, 1.165) is 45.4 Å². The predicted octanol–water partition coefficient (Wildman–Crippen LogP) is 22.6. The standard InChI is InChI=1S/2C15H21N.4C13H18N2.C10H15N/c2*1-8-9(2)11(4)15-14(10(8)3)12(5)13(6)16(15)7;4*1-7-8(2)10(4)13-12(9(7)3)14-11(5)15(13)6;1-6-7(2)9(4)11-10(5)8(6)3/h2*1-7H3;4*1-6H3;1-5H3/p+1. The van der Waals surface area contributed by atoms with Gasteiger partial charge in [-0.1, -0.05) is 0 Å². The van der Waals surface area contributed by atoms with Crippen molar-refractivity contribution in [3.8, 4) is 0 Å². The molecule has 0 aliphatic carbocycles. The summed E-state index contributed by atoms with van der Waals surface area (Å²) in [5, 5.41) is 2.92. The maximum atomic E-state index is 4.64. The van der Waals surface area contributed by atoms with Crippen LogP contribution in [0.4, 0.5) is 0 Å². The summed E-state index contributed by atoms with van der Waals surface area (Å²) in [4.78, 5) is 21.8. The molecular formula is C92H130N11+. The molecule has 0 aliphatic rings. The first kappa shape index (κ1) is 81.7. The highest BCUT2D eigenvalue weighted by molar-refractivity contribution is 5.94. The minimum Gasteiger partial charge on any atom is -0.347 e. The molecule has 13 rings (SSSR count). The van der Waals surface area contributed by atoms with Crippen molar-refractivity contribution in [2.45, 2.75) is 256 Å². The first-order valence-electron chi connectivity index (χ1n) is 37.2. The minimum absolute atomic E-state index is 1.08. The fourth-order valence-corrected chi connectivity index (χ4v) is 15.7. The number of aromatic nitrogens is 11. The summed E-state index contributed by atoms with van der Waals surface area (Å²) in [5.74, 6) is 4.46. The number of aromatic amines is 1. The lowest BCUT2D eigenvalue weighted by atomic mass is 9.94. The molecule has 1 N–H and O–H groups in total. The first-order chi connectivity index (χ1) is 47.6. The van der Waals surface area contributed by atoms with E-state index < -0.39 is 0 Å². The lowest BCUT2D eigenvalue weighted by Crippen LogP contribution is -2.30. The zero-order valence-electron chi connectivity index (χ0n) is 72.5. The molecule has 11 heteroatoms. The number of pyridine rings is 1. The Hall–Kier alpha value is -8.57. The average molecular weight is 1390 g/mol. The Bertz CT molecular complexity index is 4920. The van der Waals surface area contributed by atoms with Gasteiger partial charge in [0.15, 0.2) is 11.0 Å². The fourth-order valence-electron chi connectivity index (χ4n) is 15.7. The second-order valence-electron chi connectivity index (χ2n) is 30.9. The Morgan fingerprint density at radius 1 is 0.223 bits per heavy atom. The summed E-state index contributed by atoms with van der Waals surface area (Å²) < 4.78 is 13.5. The van der Waals surface area contributed by atoms with Crippen LogP contribution in [0.2, 0.25) is 0 Å². The van der Waals surface area contributed by atoms with E-state index in [4.69, 9.17) is 0 Å². The third-order valence-electron chi connectivity index (χ3n) is 26.3. The van der Waals surface area contributed by atoms with Gasteiger partial charge in [0.05, 0.1) is 51.2 Å². The Labute approximate surface area is 620 Å². The molecule has 103 heavy (non-hydrogen) atoms. The van der Waals surface area contributed by atoms with Crippen LogP contribution in [0.5, 0.6) is 0 Å². The molecule has 7 aromatic heterocycles. The van der Waals surface area contributed by atoms with Crippen molar-refractivity contribution in [2.75, 3.05) is 0 Å². The van der Waals surface area contributed by atoms with E-state index in [-0.39, 0.29) is 0 Å². The highest BCUT2D eigenvalue weighted by atomic mass is 15.1. The molecule has 13 aromatic rings. The molecule has 6 aromatic carbocycles. The van der Waals surface area contributed by atoms with Crippen LogP contribution in [0.3, 0.4) is 0 Å². The maximum Gasteiger partial charge on any atom is 0.251 e. The number of fused-ring (bicyclic) bond motifs is 6. The lowest BCUT2D eigenvalue weighted by molar-refractivity contribution is -0.651. The van der Waals surface area contributed by atoms with Crippen molar-refractivity contribution in [1.82, 2.24) is 47.8 Å². The van der Waals surface area contributed by atoms with Gasteiger partial charge in [-0.3, -0.25) is 4.98 Å². The highest BCUT2D eigenvalue weighted by Gasteiger charge is 2.23. The van der Waals surface area contributed by atoms with Crippen molar-refractivity contribution in [1.29, 1.82) is 0 Å². The summed E-state index contributed by atoms with van der Waals surface area (Å²) in [5.41, 5.74) is 58.2. The van der Waals surface area contributed by atoms with Gasteiger partial charge in [-0.05, 0) is 399 Å². The van der Waals surface area contributed by atoms with E-state index in [0.29, 0.717) is 0 Å². The van der Waals surface area contributed by atoms with E-state index in [1.54, 1.807) is 0 Å². The molecule has 0 bridgehead atoms. The SMILES string of the molecule is Cc1c(C)c(C)c2c([nH]c(C)[n+]2C)c1C.Cc1c(C)c(C)c2c(c1C)c(C)c(C)n2C.Cc1c(C)c(C)c2c(c1C)c(C)c(C)n2C.Cc1c(C)c(C)c2c(nc(C)n2C)c1C.Cc1c(C)c(C)c2c(nc(C)n2C)c1C.Cc1c(C)c(C)c2c(nc(C)n2C)c1C.Cc1nc(C)c(C)c(C)c1C. The zero-order chi connectivity index (χ0) is 78.3. The molecule has 11 nitrogen and oxygen atoms in total. The predicted molar refractivity (Wildman–Crippen MR) is 447 cm³/mol. The van der Waals surface area contributed by atoms with Crippen LogP contribution in [0.15, 0.2) is 0 Å². The van der Waals surface area contributed by atoms with Crippen LogP contribution in [0.1, 0.15) is 207 Å². The van der Waals surface area contributed by atoms with Crippen molar-refractivity contribution in [2.24, 2.45) is 42.3 Å². The number of hydrogen-bond acceptors (Lipinski definition) is 4. The van der Waals surface area contributed by atoms with Crippen LogP contribution in [0.25, 0.3) is 65.9 Å². The summed E-state index contributed by atoms with van der Waals surface area (Å²) in [6.07, 6.45) is 0. The van der Waals surface area contributed by atoms with Gasteiger partial charge in [-0.15, -0.1) is 0 Å². The van der Waals surface area contributed by atoms with Gasteiger partial charge in [0.25, 0.3) is 5.82 Å². The largest absolute Gasteiger partial charge is 0.347 e. The number of hydrogen-bond donors (Lipinski definition) is 1. The van der Waals surface area contributed by atoms with Gasteiger partial charge < -0.3 is 22.8 Å². The summed E-state index contributed by atoms with van der Waals surface area (Å²) in [6, 6.07) is 0. The van der Waals surface area contributed by atoms with Crippen LogP contribution < -0.4 is 4.57 Å². The van der Waals surface area contributed by atoms with Gasteiger partial charge in [-0.25, -0.2) is 24.5 Å². The van der Waals surface area contributed by atoms with Crippen LogP contribution >= 0.6 is 0 Å². The van der Waals surface area contributed by atoms with E-state index >= 15 is 0 Å². The molecule has 0 amide bonds. The third-order valence-corrected chi connectivity index (χ3v) is 26.3. The molecule has 0 fully saturated rings. The van der Waals surface area contributed by atoms with Crippen molar-refractivity contribution in [3.63, 3.8) is 0 Å². The van der Waals surface area contributed by atoms with Crippen molar-refractivity contribution >= 4 is 65.9 Å². The topological polar surface area (TPSA) is 95.9 Å². The number of rotatable bonds is 0. The van der Waals surface area contributed by atoms with Gasteiger partial charge in [0, 0.05) is 86.8 Å². The molecule has 0 unspecified atom stereocenters. The smallest absolute Gasteiger partial charge is 0.251 e. The summed E-state index contributed by atoms with van der Waals surface area (Å²) >= 11 is 0. The first-order valence-corrected chi connectivity index (χ1v) is 37.2. The number of H-pyrrole nitrogens is 1. The molecular weight excluding hydrogens is 1260 g/mol. The Morgan fingerprint density at radius 3 is 0.748 bits per heavy atom. The van der Waals surface area contributed by atoms with Crippen LogP contribution in [-0.2, 0) is 42.3 Å². The molecule has 0 radical (unpaired) electrons. The number of imidazole rings is 4. The van der Waals surface area contributed by atoms with Gasteiger partial charge in [0.1, 0.15) is 17.5 Å². The van der Waals surface area contributed by atoms with Crippen LogP contribution in [-0.4, -0.2) is 47.8 Å². The normalized spacial score (nSPS) is 11.3. The minimum atomic E-state index is 1.08. The van der Waals surface area contributed by atoms with Crippen molar-refractivity contribution in [3.05, 3.63) is 207 Å². The summed E-state index contributed by atoms with van der Waals surface area (Å²) in [6.45, 7) is 80.6. The van der Waals surface area contributed by atoms with E-state index in [9.17, 15) is 0 Å². The average Bonchev–Trinajstić information content (AvgIpc) is 1.62. The number of benzene rings is 6. The molecule has 0 atom stereocenters. The second kappa shape index (κ2) is 30.6. The fraction of sp³-hybridized carbons (Fsp3) is 0.467. The lowest BCUT2D eigenvalue weighted by Gasteiger charge is -2.12. The number of nitrogens with zero attached hydrogens (tertiary/aromatic N) is 10. The third kappa shape index (κ3) is 14.1. The summed E-state index contributed by atoms with van der Waals surface area (Å²) in [7, 11) is 12.7. The quantitative estimate of drug-likeness (QED) is 0.153. The monoisotopic (exact) mass is 1390 g/mol. The molecule has 0 saturated carbocycles. The van der Waals surface area contributed by atoms with E-state index in [2.05, 4.69) is 351 Å². The number of aryl methyl sites for hydroxylation is 26. The van der Waals surface area contributed by atoms with Gasteiger partial charge in [0.2, 0.25) is 0 Å². The Morgan fingerprint density at radius 2 is 0.456 bits per heavy atom. The number of nitrogens with one attached hydrogen (secondary N) is 1. The highest BCUT2D eigenvalue weighted by Crippen LogP contribution is 2.37. The van der Waals surface area contributed by atoms with E-state index in [1.807, 2.05) is 0 Å². The zero-order valence-corrected chi connectivity index (χ0v) is 72.5. The molecule has 552 valence electrons. The Balaban J connectivity index is 0.000000169. The van der Waals surface area contributed by atoms with Gasteiger partial charge in [-0.2, -0.15) is 0 Å².